The average Bonchev–Trinajstić information content (AvgIpc) is 2.84. The Kier molecular flexibility index (Phi) is 4.40. The van der Waals surface area contributed by atoms with Crippen LogP contribution in [0.1, 0.15) is 35.6 Å². The van der Waals surface area contributed by atoms with E-state index in [0.717, 1.165) is 25.9 Å². The minimum Gasteiger partial charge on any atom is -0.338 e. The van der Waals surface area contributed by atoms with Gasteiger partial charge in [0.05, 0.1) is 12.0 Å². The summed E-state index contributed by atoms with van der Waals surface area (Å²) in [6, 6.07) is 4.43. The minimum absolute atomic E-state index is 0.159. The minimum atomic E-state index is 0.159. The zero-order valence-electron chi connectivity index (χ0n) is 11.4. The van der Waals surface area contributed by atoms with Crippen LogP contribution in [0.2, 0.25) is 0 Å². The van der Waals surface area contributed by atoms with E-state index in [4.69, 9.17) is 0 Å². The summed E-state index contributed by atoms with van der Waals surface area (Å²) in [5, 5.41) is 3.31. The molecule has 1 aromatic heterocycles. The van der Waals surface area contributed by atoms with Crippen molar-refractivity contribution in [2.75, 3.05) is 20.1 Å². The number of thiophene rings is 1. The van der Waals surface area contributed by atoms with E-state index in [9.17, 15) is 4.79 Å². The van der Waals surface area contributed by atoms with Crippen molar-refractivity contribution in [2.45, 2.75) is 32.7 Å². The number of rotatable bonds is 3. The number of carbonyl (C=O) groups is 1. The number of piperidine rings is 1. The van der Waals surface area contributed by atoms with Gasteiger partial charge in [-0.25, -0.2) is 0 Å². The SMILES string of the molecule is Cc1ccc(C(C)N(C)C(=O)[C@H]2CCCNC2)s1. The molecule has 3 nitrogen and oxygen atoms in total. The van der Waals surface area contributed by atoms with Crippen LogP contribution in [0.4, 0.5) is 0 Å². The van der Waals surface area contributed by atoms with Crippen molar-refractivity contribution in [1.29, 1.82) is 0 Å². The zero-order valence-corrected chi connectivity index (χ0v) is 12.2. The Balaban J connectivity index is 2.01. The smallest absolute Gasteiger partial charge is 0.227 e. The van der Waals surface area contributed by atoms with Crippen LogP contribution in [0.25, 0.3) is 0 Å². The van der Waals surface area contributed by atoms with E-state index < -0.39 is 0 Å². The van der Waals surface area contributed by atoms with Gasteiger partial charge in [-0.15, -0.1) is 11.3 Å². The third-order valence-electron chi connectivity index (χ3n) is 3.75. The number of hydrogen-bond donors (Lipinski definition) is 1. The van der Waals surface area contributed by atoms with Gasteiger partial charge in [0.15, 0.2) is 0 Å². The lowest BCUT2D eigenvalue weighted by Gasteiger charge is -2.30. The molecule has 100 valence electrons. The highest BCUT2D eigenvalue weighted by Gasteiger charge is 2.27. The lowest BCUT2D eigenvalue weighted by atomic mass is 9.97. The summed E-state index contributed by atoms with van der Waals surface area (Å²) in [6.45, 7) is 6.10. The first kappa shape index (κ1) is 13.6. The van der Waals surface area contributed by atoms with Gasteiger partial charge in [-0.3, -0.25) is 4.79 Å². The number of carbonyl (C=O) groups excluding carboxylic acids is 1. The van der Waals surface area contributed by atoms with Gasteiger partial charge < -0.3 is 10.2 Å². The van der Waals surface area contributed by atoms with Crippen molar-refractivity contribution in [2.24, 2.45) is 5.92 Å². The first-order valence-corrected chi connectivity index (χ1v) is 7.45. The predicted molar refractivity (Wildman–Crippen MR) is 75.8 cm³/mol. The second-order valence-corrected chi connectivity index (χ2v) is 6.44. The molecule has 1 aliphatic rings. The van der Waals surface area contributed by atoms with Gasteiger partial charge in [-0.1, -0.05) is 0 Å². The quantitative estimate of drug-likeness (QED) is 0.912. The molecule has 18 heavy (non-hydrogen) atoms. The maximum Gasteiger partial charge on any atom is 0.227 e. The van der Waals surface area contributed by atoms with Gasteiger partial charge in [0, 0.05) is 23.3 Å². The monoisotopic (exact) mass is 266 g/mol. The van der Waals surface area contributed by atoms with Crippen molar-refractivity contribution >= 4 is 17.2 Å². The van der Waals surface area contributed by atoms with Crippen molar-refractivity contribution in [1.82, 2.24) is 10.2 Å². The summed E-state index contributed by atoms with van der Waals surface area (Å²) in [4.78, 5) is 16.9. The Labute approximate surface area is 113 Å². The third kappa shape index (κ3) is 2.93. The van der Waals surface area contributed by atoms with E-state index in [1.807, 2.05) is 11.9 Å². The van der Waals surface area contributed by atoms with Crippen LogP contribution in [-0.4, -0.2) is 30.9 Å². The van der Waals surface area contributed by atoms with Crippen LogP contribution >= 0.6 is 11.3 Å². The molecule has 1 aromatic rings. The Hall–Kier alpha value is -0.870. The summed E-state index contributed by atoms with van der Waals surface area (Å²) in [7, 11) is 1.93. The van der Waals surface area contributed by atoms with Crippen molar-refractivity contribution in [3.8, 4) is 0 Å². The molecule has 1 N–H and O–H groups in total. The summed E-state index contributed by atoms with van der Waals surface area (Å²) < 4.78 is 0. The molecular weight excluding hydrogens is 244 g/mol. The molecule has 2 atom stereocenters. The fourth-order valence-electron chi connectivity index (χ4n) is 2.41. The molecule has 0 aromatic carbocycles. The van der Waals surface area contributed by atoms with Crippen molar-refractivity contribution in [3.05, 3.63) is 21.9 Å². The zero-order chi connectivity index (χ0) is 13.1. The molecule has 2 heterocycles. The van der Waals surface area contributed by atoms with Gasteiger partial charge in [0.2, 0.25) is 5.91 Å². The lowest BCUT2D eigenvalue weighted by molar-refractivity contribution is -0.136. The molecule has 2 rings (SSSR count). The van der Waals surface area contributed by atoms with E-state index in [1.165, 1.54) is 9.75 Å². The molecule has 0 spiro atoms. The number of hydrogen-bond acceptors (Lipinski definition) is 3. The Morgan fingerprint density at radius 1 is 1.56 bits per heavy atom. The lowest BCUT2D eigenvalue weighted by Crippen LogP contribution is -2.42. The summed E-state index contributed by atoms with van der Waals surface area (Å²) >= 11 is 1.78. The molecule has 1 saturated heterocycles. The van der Waals surface area contributed by atoms with E-state index in [-0.39, 0.29) is 17.9 Å². The van der Waals surface area contributed by atoms with Gasteiger partial charge in [-0.05, 0) is 45.4 Å². The van der Waals surface area contributed by atoms with Crippen LogP contribution in [-0.2, 0) is 4.79 Å². The number of nitrogens with zero attached hydrogens (tertiary/aromatic N) is 1. The number of amides is 1. The molecule has 1 aliphatic heterocycles. The maximum atomic E-state index is 12.4. The van der Waals surface area contributed by atoms with E-state index in [1.54, 1.807) is 11.3 Å². The van der Waals surface area contributed by atoms with Crippen molar-refractivity contribution in [3.63, 3.8) is 0 Å². The van der Waals surface area contributed by atoms with E-state index in [0.29, 0.717) is 0 Å². The van der Waals surface area contributed by atoms with E-state index in [2.05, 4.69) is 31.3 Å². The van der Waals surface area contributed by atoms with Gasteiger partial charge in [0.25, 0.3) is 0 Å². The van der Waals surface area contributed by atoms with Gasteiger partial charge >= 0.3 is 0 Å². The highest BCUT2D eigenvalue weighted by molar-refractivity contribution is 7.12. The Morgan fingerprint density at radius 3 is 2.89 bits per heavy atom. The predicted octanol–water partition coefficient (Wildman–Crippen LogP) is 2.58. The normalized spacial score (nSPS) is 21.6. The fraction of sp³-hybridized carbons (Fsp3) is 0.643. The van der Waals surface area contributed by atoms with Crippen molar-refractivity contribution < 1.29 is 4.79 Å². The Bertz CT molecular complexity index is 410. The van der Waals surface area contributed by atoms with Crippen LogP contribution < -0.4 is 5.32 Å². The average molecular weight is 266 g/mol. The molecule has 1 fully saturated rings. The first-order valence-electron chi connectivity index (χ1n) is 6.63. The fourth-order valence-corrected chi connectivity index (χ4v) is 3.38. The third-order valence-corrected chi connectivity index (χ3v) is 4.92. The van der Waals surface area contributed by atoms with Crippen LogP contribution in [0.3, 0.4) is 0 Å². The number of aryl methyl sites for hydroxylation is 1. The summed E-state index contributed by atoms with van der Waals surface area (Å²) in [5.74, 6) is 0.438. The van der Waals surface area contributed by atoms with Crippen LogP contribution in [0.5, 0.6) is 0 Å². The second-order valence-electron chi connectivity index (χ2n) is 5.12. The Morgan fingerprint density at radius 2 is 2.33 bits per heavy atom. The molecule has 0 saturated carbocycles. The standard InChI is InChI=1S/C14H22N2OS/c1-10-6-7-13(18-10)11(2)16(3)14(17)12-5-4-8-15-9-12/h6-7,11-12,15H,4-5,8-9H2,1-3H3/t11?,12-/m0/s1. The van der Waals surface area contributed by atoms with Crippen LogP contribution in [0, 0.1) is 12.8 Å². The highest BCUT2D eigenvalue weighted by Crippen LogP contribution is 2.28. The molecule has 0 bridgehead atoms. The number of nitrogens with one attached hydrogen (secondary N) is 1. The van der Waals surface area contributed by atoms with Gasteiger partial charge in [0.1, 0.15) is 0 Å². The summed E-state index contributed by atoms with van der Waals surface area (Å²) in [5.41, 5.74) is 0. The topological polar surface area (TPSA) is 32.3 Å². The summed E-state index contributed by atoms with van der Waals surface area (Å²) in [6.07, 6.45) is 2.13. The largest absolute Gasteiger partial charge is 0.338 e. The molecule has 0 aliphatic carbocycles. The molecule has 1 amide bonds. The maximum absolute atomic E-state index is 12.4. The molecular formula is C14H22N2OS. The van der Waals surface area contributed by atoms with Gasteiger partial charge in [-0.2, -0.15) is 0 Å². The highest BCUT2D eigenvalue weighted by atomic mass is 32.1. The second kappa shape index (κ2) is 5.85. The van der Waals surface area contributed by atoms with E-state index >= 15 is 0 Å². The molecule has 1 unspecified atom stereocenters. The molecule has 4 heteroatoms. The first-order chi connectivity index (χ1) is 8.59. The molecule has 0 radical (unpaired) electrons. The van der Waals surface area contributed by atoms with Crippen LogP contribution in [0.15, 0.2) is 12.1 Å².